The fraction of sp³-hybridized carbons (Fsp3) is 0.733. The lowest BCUT2D eigenvalue weighted by molar-refractivity contribution is 0.178. The Bertz CT molecular complexity index is 384. The maximum Gasteiger partial charge on any atom is 0.158 e. The maximum absolute atomic E-state index is 5.14. The monoisotopic (exact) mass is 280 g/mol. The molecule has 1 aromatic heterocycles. The van der Waals surface area contributed by atoms with E-state index < -0.39 is 0 Å². The molecule has 0 radical (unpaired) electrons. The van der Waals surface area contributed by atoms with Crippen molar-refractivity contribution in [3.05, 3.63) is 11.9 Å². The largest absolute Gasteiger partial charge is 0.377 e. The Labute approximate surface area is 122 Å². The molecule has 0 spiro atoms. The first-order valence-corrected chi connectivity index (χ1v) is 7.60. The summed E-state index contributed by atoms with van der Waals surface area (Å²) in [6, 6.07) is 2.44. The molecule has 1 rings (SSSR count). The van der Waals surface area contributed by atoms with Gasteiger partial charge in [-0.2, -0.15) is 0 Å². The Balaban J connectivity index is 2.83. The van der Waals surface area contributed by atoms with Crippen LogP contribution in [0.2, 0.25) is 0 Å². The van der Waals surface area contributed by atoms with Gasteiger partial charge in [-0.15, -0.1) is 0 Å². The van der Waals surface area contributed by atoms with E-state index in [9.17, 15) is 0 Å². The number of nitrogens with one attached hydrogen (secondary N) is 2. The van der Waals surface area contributed by atoms with Crippen molar-refractivity contribution in [2.45, 2.75) is 59.1 Å². The number of ether oxygens (including phenoxy) is 1. The van der Waals surface area contributed by atoms with Crippen LogP contribution in [-0.4, -0.2) is 29.7 Å². The highest BCUT2D eigenvalue weighted by atomic mass is 16.5. The van der Waals surface area contributed by atoms with Crippen LogP contribution >= 0.6 is 0 Å². The van der Waals surface area contributed by atoms with Crippen LogP contribution in [0.5, 0.6) is 0 Å². The lowest BCUT2D eigenvalue weighted by Crippen LogP contribution is -2.20. The van der Waals surface area contributed by atoms with Crippen molar-refractivity contribution in [2.24, 2.45) is 0 Å². The van der Waals surface area contributed by atoms with Crippen molar-refractivity contribution < 1.29 is 4.74 Å². The van der Waals surface area contributed by atoms with Gasteiger partial charge < -0.3 is 15.4 Å². The van der Waals surface area contributed by atoms with Crippen LogP contribution in [0.25, 0.3) is 0 Å². The summed E-state index contributed by atoms with van der Waals surface area (Å²) in [4.78, 5) is 8.97. The van der Waals surface area contributed by atoms with Gasteiger partial charge in [-0.3, -0.25) is 0 Å². The van der Waals surface area contributed by atoms with E-state index in [1.165, 1.54) is 6.42 Å². The van der Waals surface area contributed by atoms with Gasteiger partial charge in [-0.1, -0.05) is 27.2 Å². The van der Waals surface area contributed by atoms with Crippen molar-refractivity contribution >= 4 is 11.6 Å². The normalized spacial score (nSPS) is 12.2. The maximum atomic E-state index is 5.14. The van der Waals surface area contributed by atoms with Crippen LogP contribution in [0.3, 0.4) is 0 Å². The predicted octanol–water partition coefficient (Wildman–Crippen LogP) is 3.44. The zero-order valence-corrected chi connectivity index (χ0v) is 13.2. The summed E-state index contributed by atoms with van der Waals surface area (Å²) in [5.41, 5.74) is 0. The molecule has 0 bridgehead atoms. The third-order valence-electron chi connectivity index (χ3n) is 3.08. The average Bonchev–Trinajstić information content (AvgIpc) is 2.45. The minimum absolute atomic E-state index is 0.431. The zero-order chi connectivity index (χ0) is 14.8. The number of aromatic nitrogens is 2. The topological polar surface area (TPSA) is 59.1 Å². The molecule has 0 saturated heterocycles. The number of nitrogens with zero attached hydrogens (tertiary/aromatic N) is 2. The molecule has 1 heterocycles. The minimum atomic E-state index is 0.431. The minimum Gasteiger partial charge on any atom is -0.377 e. The number of methoxy groups -OCH3 is 1. The van der Waals surface area contributed by atoms with E-state index >= 15 is 0 Å². The van der Waals surface area contributed by atoms with Gasteiger partial charge >= 0.3 is 0 Å². The van der Waals surface area contributed by atoms with Crippen molar-refractivity contribution in [2.75, 3.05) is 24.3 Å². The fourth-order valence-corrected chi connectivity index (χ4v) is 2.04. The molecular formula is C15H28N4O. The Hall–Kier alpha value is -1.36. The summed E-state index contributed by atoms with van der Waals surface area (Å²) >= 11 is 0. The number of hydrogen-bond donors (Lipinski definition) is 2. The molecule has 5 heteroatoms. The standard InChI is InChI=1S/C15H28N4O/c1-5-8-12(7-3)17-14-10-13(16-9-6-2)18-15(19-14)11-20-4/h10,12H,5-9,11H2,1-4H3,(H2,16,17,18,19). The molecule has 0 aliphatic carbocycles. The molecular weight excluding hydrogens is 252 g/mol. The first kappa shape index (κ1) is 16.7. The van der Waals surface area contributed by atoms with Gasteiger partial charge in [-0.05, 0) is 19.3 Å². The van der Waals surface area contributed by atoms with E-state index in [-0.39, 0.29) is 0 Å². The van der Waals surface area contributed by atoms with E-state index in [2.05, 4.69) is 41.4 Å². The highest BCUT2D eigenvalue weighted by Gasteiger charge is 2.09. The van der Waals surface area contributed by atoms with Crippen LogP contribution < -0.4 is 10.6 Å². The first-order chi connectivity index (χ1) is 9.73. The Morgan fingerprint density at radius 1 is 1.15 bits per heavy atom. The lowest BCUT2D eigenvalue weighted by Gasteiger charge is -2.18. The van der Waals surface area contributed by atoms with Gasteiger partial charge in [0.1, 0.15) is 18.2 Å². The molecule has 0 aliphatic heterocycles. The smallest absolute Gasteiger partial charge is 0.158 e. The summed E-state index contributed by atoms with van der Waals surface area (Å²) < 4.78 is 5.14. The van der Waals surface area contributed by atoms with E-state index in [1.54, 1.807) is 7.11 Å². The Morgan fingerprint density at radius 2 is 1.90 bits per heavy atom. The second kappa shape index (κ2) is 9.53. The van der Waals surface area contributed by atoms with Crippen LogP contribution in [0.1, 0.15) is 52.3 Å². The highest BCUT2D eigenvalue weighted by molar-refractivity contribution is 5.48. The predicted molar refractivity (Wildman–Crippen MR) is 84.1 cm³/mol. The molecule has 2 N–H and O–H groups in total. The molecule has 0 amide bonds. The first-order valence-electron chi connectivity index (χ1n) is 7.60. The van der Waals surface area contributed by atoms with E-state index in [4.69, 9.17) is 4.74 Å². The zero-order valence-electron chi connectivity index (χ0n) is 13.2. The SMILES string of the molecule is CCCNc1cc(NC(CC)CCC)nc(COC)n1. The second-order valence-corrected chi connectivity index (χ2v) is 4.95. The fourth-order valence-electron chi connectivity index (χ4n) is 2.04. The molecule has 0 saturated carbocycles. The third kappa shape index (κ3) is 5.74. The average molecular weight is 280 g/mol. The molecule has 0 aromatic carbocycles. The Kier molecular flexibility index (Phi) is 7.95. The summed E-state index contributed by atoms with van der Waals surface area (Å²) in [5.74, 6) is 2.45. The van der Waals surface area contributed by atoms with Gasteiger partial charge in [-0.25, -0.2) is 9.97 Å². The van der Waals surface area contributed by atoms with E-state index in [1.807, 2.05) is 6.07 Å². The Morgan fingerprint density at radius 3 is 2.50 bits per heavy atom. The van der Waals surface area contributed by atoms with Gasteiger partial charge in [0, 0.05) is 25.8 Å². The summed E-state index contributed by atoms with van der Waals surface area (Å²) in [5, 5.41) is 6.81. The van der Waals surface area contributed by atoms with Crippen LogP contribution in [-0.2, 0) is 11.3 Å². The summed E-state index contributed by atoms with van der Waals surface area (Å²) in [6.07, 6.45) is 4.48. The highest BCUT2D eigenvalue weighted by Crippen LogP contribution is 2.15. The quantitative estimate of drug-likeness (QED) is 0.687. The second-order valence-electron chi connectivity index (χ2n) is 4.95. The number of rotatable bonds is 10. The van der Waals surface area contributed by atoms with Crippen molar-refractivity contribution in [1.29, 1.82) is 0 Å². The van der Waals surface area contributed by atoms with E-state index in [0.717, 1.165) is 37.4 Å². The van der Waals surface area contributed by atoms with Gasteiger partial charge in [0.2, 0.25) is 0 Å². The molecule has 1 aromatic rings. The van der Waals surface area contributed by atoms with Crippen molar-refractivity contribution in [3.63, 3.8) is 0 Å². The van der Waals surface area contributed by atoms with Crippen LogP contribution in [0.15, 0.2) is 6.07 Å². The van der Waals surface area contributed by atoms with E-state index in [0.29, 0.717) is 18.5 Å². The van der Waals surface area contributed by atoms with Crippen molar-refractivity contribution in [3.8, 4) is 0 Å². The van der Waals surface area contributed by atoms with Crippen LogP contribution in [0.4, 0.5) is 11.6 Å². The molecule has 0 fully saturated rings. The van der Waals surface area contributed by atoms with Gasteiger partial charge in [0.05, 0.1) is 0 Å². The lowest BCUT2D eigenvalue weighted by atomic mass is 10.1. The molecule has 20 heavy (non-hydrogen) atoms. The summed E-state index contributed by atoms with van der Waals surface area (Å²) in [6.45, 7) is 7.88. The molecule has 5 nitrogen and oxygen atoms in total. The molecule has 114 valence electrons. The molecule has 1 unspecified atom stereocenters. The van der Waals surface area contributed by atoms with Crippen LogP contribution in [0, 0.1) is 0 Å². The third-order valence-corrected chi connectivity index (χ3v) is 3.08. The number of anilines is 2. The molecule has 0 aliphatic rings. The number of hydrogen-bond acceptors (Lipinski definition) is 5. The summed E-state index contributed by atoms with van der Waals surface area (Å²) in [7, 11) is 1.66. The molecule has 1 atom stereocenters. The van der Waals surface area contributed by atoms with Crippen molar-refractivity contribution in [1.82, 2.24) is 9.97 Å². The van der Waals surface area contributed by atoms with Gasteiger partial charge in [0.15, 0.2) is 5.82 Å². The van der Waals surface area contributed by atoms with Gasteiger partial charge in [0.25, 0.3) is 0 Å².